The molecule has 0 aliphatic carbocycles. The summed E-state index contributed by atoms with van der Waals surface area (Å²) in [6.07, 6.45) is 0.945. The second kappa shape index (κ2) is 8.12. The summed E-state index contributed by atoms with van der Waals surface area (Å²) in [5, 5.41) is 22.6. The summed E-state index contributed by atoms with van der Waals surface area (Å²) >= 11 is 0. The molecule has 9 nitrogen and oxygen atoms in total. The van der Waals surface area contributed by atoms with Gasteiger partial charge in [0.1, 0.15) is 17.6 Å². The van der Waals surface area contributed by atoms with Gasteiger partial charge in [0.25, 0.3) is 0 Å². The summed E-state index contributed by atoms with van der Waals surface area (Å²) in [6, 6.07) is 1.16. The molecule has 21 heavy (non-hydrogen) atoms. The molecular weight excluding hydrogens is 280 g/mol. The van der Waals surface area contributed by atoms with Crippen molar-refractivity contribution in [3.8, 4) is 0 Å². The van der Waals surface area contributed by atoms with E-state index in [1.54, 1.807) is 7.11 Å². The van der Waals surface area contributed by atoms with Crippen molar-refractivity contribution in [1.82, 2.24) is 9.88 Å². The molecular formula is C12H18N4O5. The molecule has 0 saturated carbocycles. The summed E-state index contributed by atoms with van der Waals surface area (Å²) < 4.78 is 4.95. The highest BCUT2D eigenvalue weighted by Gasteiger charge is 2.20. The van der Waals surface area contributed by atoms with E-state index >= 15 is 0 Å². The Morgan fingerprint density at radius 1 is 1.57 bits per heavy atom. The van der Waals surface area contributed by atoms with Crippen molar-refractivity contribution in [3.63, 3.8) is 0 Å². The van der Waals surface area contributed by atoms with E-state index in [1.807, 2.05) is 11.9 Å². The minimum absolute atomic E-state index is 0.290. The van der Waals surface area contributed by atoms with E-state index in [-0.39, 0.29) is 11.4 Å². The highest BCUT2D eigenvalue weighted by molar-refractivity contribution is 5.93. The van der Waals surface area contributed by atoms with Crippen LogP contribution in [0.3, 0.4) is 0 Å². The SMILES string of the molecule is COCCN(C)CCNc1cc(C(=O)O)c([N+](=O)[O-])cn1. The predicted molar refractivity (Wildman–Crippen MR) is 75.7 cm³/mol. The van der Waals surface area contributed by atoms with Crippen LogP contribution in [0, 0.1) is 10.1 Å². The minimum Gasteiger partial charge on any atom is -0.477 e. The zero-order chi connectivity index (χ0) is 15.8. The number of aromatic carboxylic acids is 1. The van der Waals surface area contributed by atoms with Crippen LogP contribution in [0.5, 0.6) is 0 Å². The molecule has 2 N–H and O–H groups in total. The molecule has 0 unspecified atom stereocenters. The zero-order valence-corrected chi connectivity index (χ0v) is 11.9. The third-order valence-electron chi connectivity index (χ3n) is 2.79. The first kappa shape index (κ1) is 16.8. The maximum absolute atomic E-state index is 11.0. The van der Waals surface area contributed by atoms with Gasteiger partial charge in [-0.1, -0.05) is 0 Å². The molecule has 0 amide bonds. The van der Waals surface area contributed by atoms with Gasteiger partial charge in [-0.25, -0.2) is 9.78 Å². The van der Waals surface area contributed by atoms with Crippen LogP contribution >= 0.6 is 0 Å². The van der Waals surface area contributed by atoms with Gasteiger partial charge in [-0.05, 0) is 7.05 Å². The number of nitrogens with one attached hydrogen (secondary N) is 1. The smallest absolute Gasteiger partial charge is 0.342 e. The van der Waals surface area contributed by atoms with E-state index in [1.165, 1.54) is 0 Å². The predicted octanol–water partition coefficient (Wildman–Crippen LogP) is 0.678. The Bertz CT molecular complexity index is 508. The second-order valence-electron chi connectivity index (χ2n) is 4.37. The van der Waals surface area contributed by atoms with Crippen LogP contribution in [0.15, 0.2) is 12.3 Å². The number of carboxylic acids is 1. The molecule has 0 aliphatic heterocycles. The Kier molecular flexibility index (Phi) is 6.50. The summed E-state index contributed by atoms with van der Waals surface area (Å²) in [5.74, 6) is -1.07. The van der Waals surface area contributed by atoms with Crippen LogP contribution in [-0.4, -0.2) is 66.3 Å². The average molecular weight is 298 g/mol. The van der Waals surface area contributed by atoms with E-state index in [2.05, 4.69) is 10.3 Å². The van der Waals surface area contributed by atoms with Crippen LogP contribution in [0.25, 0.3) is 0 Å². The first-order valence-electron chi connectivity index (χ1n) is 6.24. The Morgan fingerprint density at radius 2 is 2.29 bits per heavy atom. The van der Waals surface area contributed by atoms with E-state index in [4.69, 9.17) is 9.84 Å². The Morgan fingerprint density at radius 3 is 2.86 bits per heavy atom. The van der Waals surface area contributed by atoms with Gasteiger partial charge in [-0.15, -0.1) is 0 Å². The lowest BCUT2D eigenvalue weighted by Crippen LogP contribution is -2.28. The lowest BCUT2D eigenvalue weighted by Gasteiger charge is -2.16. The molecule has 0 radical (unpaired) electrons. The number of carbonyl (C=O) groups is 1. The normalized spacial score (nSPS) is 10.6. The van der Waals surface area contributed by atoms with Crippen molar-refractivity contribution in [2.24, 2.45) is 0 Å². The number of carboxylic acid groups (broad SMARTS) is 1. The molecule has 0 bridgehead atoms. The first-order chi connectivity index (χ1) is 9.95. The van der Waals surface area contributed by atoms with Gasteiger partial charge in [0.2, 0.25) is 0 Å². The molecule has 0 atom stereocenters. The standard InChI is InChI=1S/C12H18N4O5/c1-15(5-6-21-2)4-3-13-11-7-9(12(17)18)10(8-14-11)16(19)20/h7-8H,3-6H2,1-2H3,(H,13,14)(H,17,18). The van der Waals surface area contributed by atoms with E-state index in [0.717, 1.165) is 18.8 Å². The number of likely N-dealkylation sites (N-methyl/N-ethyl adjacent to an activating group) is 1. The molecule has 0 saturated heterocycles. The van der Waals surface area contributed by atoms with Crippen LogP contribution in [0.1, 0.15) is 10.4 Å². The first-order valence-corrected chi connectivity index (χ1v) is 6.24. The quantitative estimate of drug-likeness (QED) is 0.504. The number of hydrogen-bond acceptors (Lipinski definition) is 7. The molecule has 0 aromatic carbocycles. The lowest BCUT2D eigenvalue weighted by atomic mass is 10.2. The number of methoxy groups -OCH3 is 1. The van der Waals surface area contributed by atoms with Gasteiger partial charge in [-0.2, -0.15) is 0 Å². The van der Waals surface area contributed by atoms with Gasteiger partial charge in [0.05, 0.1) is 11.5 Å². The highest BCUT2D eigenvalue weighted by atomic mass is 16.6. The Labute approximate surface area is 121 Å². The molecule has 0 aliphatic rings. The van der Waals surface area contributed by atoms with Crippen molar-refractivity contribution in [3.05, 3.63) is 27.9 Å². The van der Waals surface area contributed by atoms with Crippen molar-refractivity contribution < 1.29 is 19.6 Å². The number of pyridine rings is 1. The van der Waals surface area contributed by atoms with Crippen LogP contribution in [-0.2, 0) is 4.74 Å². The Hall–Kier alpha value is -2.26. The number of hydrogen-bond donors (Lipinski definition) is 2. The number of rotatable bonds is 9. The largest absolute Gasteiger partial charge is 0.477 e. The summed E-state index contributed by atoms with van der Waals surface area (Å²) in [6.45, 7) is 2.62. The maximum atomic E-state index is 11.0. The van der Waals surface area contributed by atoms with Crippen LogP contribution in [0.4, 0.5) is 11.5 Å². The minimum atomic E-state index is -1.36. The topological polar surface area (TPSA) is 118 Å². The highest BCUT2D eigenvalue weighted by Crippen LogP contribution is 2.19. The fourth-order valence-corrected chi connectivity index (χ4v) is 1.60. The van der Waals surface area contributed by atoms with E-state index in [9.17, 15) is 14.9 Å². The van der Waals surface area contributed by atoms with Gasteiger partial charge in [0.15, 0.2) is 0 Å². The summed E-state index contributed by atoms with van der Waals surface area (Å²) in [7, 11) is 3.55. The van der Waals surface area contributed by atoms with Crippen molar-refractivity contribution in [1.29, 1.82) is 0 Å². The molecule has 116 valence electrons. The molecule has 1 rings (SSSR count). The molecule has 0 spiro atoms. The Balaban J connectivity index is 2.62. The maximum Gasteiger partial charge on any atom is 0.342 e. The third-order valence-corrected chi connectivity index (χ3v) is 2.79. The van der Waals surface area contributed by atoms with E-state index in [0.29, 0.717) is 19.7 Å². The van der Waals surface area contributed by atoms with Gasteiger partial charge >= 0.3 is 11.7 Å². The van der Waals surface area contributed by atoms with E-state index < -0.39 is 16.6 Å². The number of nitrogens with zero attached hydrogens (tertiary/aromatic N) is 3. The summed E-state index contributed by atoms with van der Waals surface area (Å²) in [5.41, 5.74) is -0.907. The van der Waals surface area contributed by atoms with Gasteiger partial charge < -0.3 is 20.1 Å². The fraction of sp³-hybridized carbons (Fsp3) is 0.500. The average Bonchev–Trinajstić information content (AvgIpc) is 2.44. The third kappa shape index (κ3) is 5.32. The molecule has 1 aromatic rings. The van der Waals surface area contributed by atoms with Crippen LogP contribution in [0.2, 0.25) is 0 Å². The van der Waals surface area contributed by atoms with Crippen LogP contribution < -0.4 is 5.32 Å². The number of ether oxygens (including phenoxy) is 1. The monoisotopic (exact) mass is 298 g/mol. The summed E-state index contributed by atoms with van der Waals surface area (Å²) in [4.78, 5) is 26.8. The molecule has 1 heterocycles. The number of nitro groups is 1. The van der Waals surface area contributed by atoms with Crippen molar-refractivity contribution >= 4 is 17.5 Å². The second-order valence-corrected chi connectivity index (χ2v) is 4.37. The molecule has 0 fully saturated rings. The van der Waals surface area contributed by atoms with Gasteiger partial charge in [0, 0.05) is 32.8 Å². The lowest BCUT2D eigenvalue weighted by molar-refractivity contribution is -0.385. The van der Waals surface area contributed by atoms with Crippen molar-refractivity contribution in [2.45, 2.75) is 0 Å². The number of aromatic nitrogens is 1. The van der Waals surface area contributed by atoms with Crippen molar-refractivity contribution in [2.75, 3.05) is 45.7 Å². The zero-order valence-electron chi connectivity index (χ0n) is 11.9. The van der Waals surface area contributed by atoms with Gasteiger partial charge in [-0.3, -0.25) is 10.1 Å². The molecule has 1 aromatic heterocycles. The molecule has 9 heteroatoms. The fourth-order valence-electron chi connectivity index (χ4n) is 1.60. The number of anilines is 1.